The Morgan fingerprint density at radius 2 is 1.75 bits per heavy atom. The van der Waals surface area contributed by atoms with Gasteiger partial charge in [0.1, 0.15) is 5.82 Å². The molecule has 5 nitrogen and oxygen atoms in total. The van der Waals surface area contributed by atoms with Crippen LogP contribution in [0.25, 0.3) is 11.3 Å². The Bertz CT molecular complexity index is 685. The van der Waals surface area contributed by atoms with E-state index in [-0.39, 0.29) is 4.90 Å². The van der Waals surface area contributed by atoms with E-state index in [1.54, 1.807) is 30.5 Å². The number of hydrogen-bond acceptors (Lipinski definition) is 3. The molecule has 1 aromatic carbocycles. The summed E-state index contributed by atoms with van der Waals surface area (Å²) >= 11 is 0. The van der Waals surface area contributed by atoms with Gasteiger partial charge in [-0.1, -0.05) is 26.0 Å². The molecule has 0 saturated carbocycles. The Labute approximate surface area is 119 Å². The summed E-state index contributed by atoms with van der Waals surface area (Å²) in [7, 11) is -0.335. The number of hydrogen-bond donors (Lipinski definition) is 1. The van der Waals surface area contributed by atoms with Crippen LogP contribution in [0.2, 0.25) is 0 Å². The van der Waals surface area contributed by atoms with E-state index in [2.05, 4.69) is 23.8 Å². The van der Waals surface area contributed by atoms with Crippen molar-refractivity contribution in [2.45, 2.75) is 24.7 Å². The largest absolute Gasteiger partial charge is 0.342 e. The van der Waals surface area contributed by atoms with Gasteiger partial charge in [-0.25, -0.2) is 17.7 Å². The predicted octanol–water partition coefficient (Wildman–Crippen LogP) is 2.45. The minimum Gasteiger partial charge on any atom is -0.342 e. The first-order chi connectivity index (χ1) is 9.32. The highest BCUT2D eigenvalue weighted by molar-refractivity contribution is 7.89. The van der Waals surface area contributed by atoms with E-state index < -0.39 is 10.0 Å². The van der Waals surface area contributed by atoms with Crippen LogP contribution in [0.4, 0.5) is 0 Å². The maximum atomic E-state index is 12.0. The number of aromatic amines is 1. The molecule has 1 N–H and O–H groups in total. The molecular weight excluding hydrogens is 274 g/mol. The monoisotopic (exact) mass is 293 g/mol. The fraction of sp³-hybridized carbons (Fsp3) is 0.357. The quantitative estimate of drug-likeness (QED) is 0.941. The molecule has 0 radical (unpaired) electrons. The van der Waals surface area contributed by atoms with Gasteiger partial charge in [-0.3, -0.25) is 0 Å². The average Bonchev–Trinajstić information content (AvgIpc) is 2.88. The molecule has 2 rings (SSSR count). The molecule has 0 aliphatic carbocycles. The van der Waals surface area contributed by atoms with E-state index in [1.165, 1.54) is 18.4 Å². The molecular formula is C14H19N3O2S. The summed E-state index contributed by atoms with van der Waals surface area (Å²) in [6.07, 6.45) is 1.77. The molecule has 0 aliphatic heterocycles. The second-order valence-corrected chi connectivity index (χ2v) is 7.30. The number of benzene rings is 1. The maximum Gasteiger partial charge on any atom is 0.242 e. The van der Waals surface area contributed by atoms with Gasteiger partial charge in [0, 0.05) is 20.0 Å². The smallest absolute Gasteiger partial charge is 0.242 e. The minimum atomic E-state index is -3.38. The third-order valence-electron chi connectivity index (χ3n) is 3.09. The molecule has 0 aliphatic rings. The van der Waals surface area contributed by atoms with Crippen LogP contribution in [0.3, 0.4) is 0 Å². The SMILES string of the molecule is CC(C)c1ncc(-c2ccc(S(=O)(=O)N(C)C)cc2)[nH]1. The molecule has 108 valence electrons. The van der Waals surface area contributed by atoms with Crippen molar-refractivity contribution in [2.75, 3.05) is 14.1 Å². The van der Waals surface area contributed by atoms with Crippen molar-refractivity contribution in [1.82, 2.24) is 14.3 Å². The van der Waals surface area contributed by atoms with Gasteiger partial charge in [0.2, 0.25) is 10.0 Å². The number of sulfonamides is 1. The Morgan fingerprint density at radius 1 is 1.15 bits per heavy atom. The zero-order valence-electron chi connectivity index (χ0n) is 12.1. The first-order valence-electron chi connectivity index (χ1n) is 6.40. The molecule has 2 aromatic rings. The topological polar surface area (TPSA) is 66.1 Å². The van der Waals surface area contributed by atoms with E-state index >= 15 is 0 Å². The van der Waals surface area contributed by atoms with Crippen LogP contribution >= 0.6 is 0 Å². The summed E-state index contributed by atoms with van der Waals surface area (Å²) in [5.74, 6) is 1.25. The number of nitrogens with zero attached hydrogens (tertiary/aromatic N) is 2. The van der Waals surface area contributed by atoms with Crippen molar-refractivity contribution in [2.24, 2.45) is 0 Å². The van der Waals surface area contributed by atoms with E-state index in [0.717, 1.165) is 17.1 Å². The normalized spacial score (nSPS) is 12.3. The number of imidazole rings is 1. The molecule has 0 fully saturated rings. The van der Waals surface area contributed by atoms with Crippen LogP contribution in [0, 0.1) is 0 Å². The van der Waals surface area contributed by atoms with Crippen LogP contribution in [-0.4, -0.2) is 36.8 Å². The first kappa shape index (κ1) is 14.7. The Hall–Kier alpha value is -1.66. The Morgan fingerprint density at radius 3 is 2.20 bits per heavy atom. The summed E-state index contributed by atoms with van der Waals surface area (Å²) in [5.41, 5.74) is 1.81. The Kier molecular flexibility index (Phi) is 3.96. The van der Waals surface area contributed by atoms with Crippen molar-refractivity contribution in [3.8, 4) is 11.3 Å². The van der Waals surface area contributed by atoms with Gasteiger partial charge < -0.3 is 4.98 Å². The summed E-state index contributed by atoms with van der Waals surface area (Å²) in [4.78, 5) is 7.84. The lowest BCUT2D eigenvalue weighted by Gasteiger charge is -2.11. The van der Waals surface area contributed by atoms with E-state index in [0.29, 0.717) is 5.92 Å². The van der Waals surface area contributed by atoms with Gasteiger partial charge >= 0.3 is 0 Å². The molecule has 0 bridgehead atoms. The highest BCUT2D eigenvalue weighted by Crippen LogP contribution is 2.22. The summed E-state index contributed by atoms with van der Waals surface area (Å²) in [6.45, 7) is 4.13. The van der Waals surface area contributed by atoms with Crippen molar-refractivity contribution >= 4 is 10.0 Å². The fourth-order valence-corrected chi connectivity index (χ4v) is 2.70. The van der Waals surface area contributed by atoms with Gasteiger partial charge in [0.15, 0.2) is 0 Å². The number of rotatable bonds is 4. The number of nitrogens with one attached hydrogen (secondary N) is 1. The van der Waals surface area contributed by atoms with Crippen LogP contribution in [-0.2, 0) is 10.0 Å². The molecule has 1 aromatic heterocycles. The number of aromatic nitrogens is 2. The highest BCUT2D eigenvalue weighted by atomic mass is 32.2. The van der Waals surface area contributed by atoms with Gasteiger partial charge in [-0.2, -0.15) is 0 Å². The van der Waals surface area contributed by atoms with Gasteiger partial charge in [0.25, 0.3) is 0 Å². The molecule has 20 heavy (non-hydrogen) atoms. The first-order valence-corrected chi connectivity index (χ1v) is 7.84. The van der Waals surface area contributed by atoms with Crippen molar-refractivity contribution < 1.29 is 8.42 Å². The van der Waals surface area contributed by atoms with Crippen molar-refractivity contribution in [1.29, 1.82) is 0 Å². The summed E-state index contributed by atoms with van der Waals surface area (Å²) in [5, 5.41) is 0. The third-order valence-corrected chi connectivity index (χ3v) is 4.92. The molecule has 0 spiro atoms. The van der Waals surface area contributed by atoms with E-state index in [9.17, 15) is 8.42 Å². The lowest BCUT2D eigenvalue weighted by atomic mass is 10.2. The summed E-state index contributed by atoms with van der Waals surface area (Å²) < 4.78 is 25.2. The van der Waals surface area contributed by atoms with Crippen molar-refractivity contribution in [3.63, 3.8) is 0 Å². The number of H-pyrrole nitrogens is 1. The highest BCUT2D eigenvalue weighted by Gasteiger charge is 2.17. The van der Waals surface area contributed by atoms with E-state index in [4.69, 9.17) is 0 Å². The molecule has 0 unspecified atom stereocenters. The van der Waals surface area contributed by atoms with Gasteiger partial charge in [-0.15, -0.1) is 0 Å². The second-order valence-electron chi connectivity index (χ2n) is 5.15. The minimum absolute atomic E-state index is 0.287. The van der Waals surface area contributed by atoms with Gasteiger partial charge in [-0.05, 0) is 17.7 Å². The lowest BCUT2D eigenvalue weighted by molar-refractivity contribution is 0.521. The van der Waals surface area contributed by atoms with Crippen LogP contribution < -0.4 is 0 Å². The Balaban J connectivity index is 2.33. The molecule has 1 heterocycles. The second kappa shape index (κ2) is 5.38. The lowest BCUT2D eigenvalue weighted by Crippen LogP contribution is -2.22. The predicted molar refractivity (Wildman–Crippen MR) is 79.0 cm³/mol. The van der Waals surface area contributed by atoms with Crippen LogP contribution in [0.1, 0.15) is 25.6 Å². The average molecular weight is 293 g/mol. The molecule has 0 atom stereocenters. The zero-order valence-corrected chi connectivity index (χ0v) is 12.9. The van der Waals surface area contributed by atoms with Crippen molar-refractivity contribution in [3.05, 3.63) is 36.3 Å². The molecule has 0 saturated heterocycles. The zero-order chi connectivity index (χ0) is 14.9. The van der Waals surface area contributed by atoms with E-state index in [1.807, 2.05) is 0 Å². The van der Waals surface area contributed by atoms with Crippen LogP contribution in [0.15, 0.2) is 35.4 Å². The maximum absolute atomic E-state index is 12.0. The molecule has 0 amide bonds. The standard InChI is InChI=1S/C14H19N3O2S/c1-10(2)14-15-9-13(16-14)11-5-7-12(8-6-11)20(18,19)17(3)4/h5-10H,1-4H3,(H,15,16). The molecule has 6 heteroatoms. The van der Waals surface area contributed by atoms with Gasteiger partial charge in [0.05, 0.1) is 16.8 Å². The van der Waals surface area contributed by atoms with Crippen LogP contribution in [0.5, 0.6) is 0 Å². The fourth-order valence-electron chi connectivity index (χ4n) is 1.79. The third kappa shape index (κ3) is 2.76. The summed E-state index contributed by atoms with van der Waals surface area (Å²) in [6, 6.07) is 6.79.